The maximum absolute atomic E-state index is 15.5. The van der Waals surface area contributed by atoms with Crippen LogP contribution >= 0.6 is 11.3 Å². The summed E-state index contributed by atoms with van der Waals surface area (Å²) in [6, 6.07) is 17.1. The van der Waals surface area contributed by atoms with Gasteiger partial charge in [0.05, 0.1) is 17.7 Å². The molecule has 5 N–H and O–H groups in total. The molecule has 1 aliphatic carbocycles. The van der Waals surface area contributed by atoms with Crippen molar-refractivity contribution in [2.75, 3.05) is 36.8 Å². The second kappa shape index (κ2) is 16.0. The molecule has 10 nitrogen and oxygen atoms in total. The third kappa shape index (κ3) is 8.70. The number of aromatic carboxylic acids is 1. The number of piperazine rings is 1. The highest BCUT2D eigenvalue weighted by molar-refractivity contribution is 7.17. The SMILES string of the molecule is Bc1cc(NC(=O)c2c(NC(=O)c3cccc(CN4CCN(C(=O)CN)CC4(C)C)c3)sc3c2CCCC3)cc(F)c1CCc1ccc(C(=O)O)cc1. The molecule has 3 amide bonds. The Bertz CT molecular complexity index is 2030. The van der Waals surface area contributed by atoms with E-state index in [9.17, 15) is 19.2 Å². The number of amides is 3. The minimum Gasteiger partial charge on any atom is -0.478 e. The van der Waals surface area contributed by atoms with Crippen molar-refractivity contribution < 1.29 is 28.7 Å². The number of halogens is 1. The van der Waals surface area contributed by atoms with Gasteiger partial charge >= 0.3 is 5.97 Å². The third-order valence-electron chi connectivity index (χ3n) is 10.3. The van der Waals surface area contributed by atoms with Gasteiger partial charge in [-0.05, 0) is 111 Å². The zero-order valence-electron chi connectivity index (χ0n) is 30.4. The molecular weight excluding hydrogens is 692 g/mol. The maximum Gasteiger partial charge on any atom is 0.335 e. The standard InChI is InChI=1S/C40H45BFN5O5S/c1-40(2)23-46(34(48)21-43)16-17-47(40)22-25-6-5-7-27(18-25)36(49)45-38-35(30-8-3-4-9-33(30)53-38)37(50)44-28-19-31(41)29(32(42)20-28)15-12-24-10-13-26(14-11-24)39(51)52/h5-7,10-11,13-14,18-20H,3-4,8-9,12,15-17,21-23,41,43H2,1-2H3,(H,44,50)(H,45,49)(H,51,52). The molecule has 0 bridgehead atoms. The van der Waals surface area contributed by atoms with Gasteiger partial charge in [0.2, 0.25) is 5.91 Å². The molecule has 1 fully saturated rings. The highest BCUT2D eigenvalue weighted by Crippen LogP contribution is 2.39. The number of nitrogens with two attached hydrogens (primary N) is 1. The lowest BCUT2D eigenvalue weighted by Crippen LogP contribution is -2.60. The highest BCUT2D eigenvalue weighted by Gasteiger charge is 2.35. The predicted molar refractivity (Wildman–Crippen MR) is 209 cm³/mol. The van der Waals surface area contributed by atoms with Crippen LogP contribution in [0.25, 0.3) is 0 Å². The molecule has 0 unspecified atom stereocenters. The van der Waals surface area contributed by atoms with E-state index >= 15 is 4.39 Å². The fourth-order valence-corrected chi connectivity index (χ4v) is 8.65. The van der Waals surface area contributed by atoms with Gasteiger partial charge in [0.1, 0.15) is 18.7 Å². The number of nitrogens with one attached hydrogen (secondary N) is 2. The largest absolute Gasteiger partial charge is 0.478 e. The van der Waals surface area contributed by atoms with Crippen LogP contribution in [0, 0.1) is 5.82 Å². The average Bonchev–Trinajstić information content (AvgIpc) is 3.49. The lowest BCUT2D eigenvalue weighted by atomic mass is 9.86. The van der Waals surface area contributed by atoms with Crippen LogP contribution in [0.4, 0.5) is 15.1 Å². The summed E-state index contributed by atoms with van der Waals surface area (Å²) >= 11 is 1.43. The number of fused-ring (bicyclic) bond motifs is 1. The Morgan fingerprint density at radius 1 is 0.925 bits per heavy atom. The quantitative estimate of drug-likeness (QED) is 0.167. The van der Waals surface area contributed by atoms with E-state index in [0.29, 0.717) is 71.9 Å². The number of rotatable bonds is 11. The van der Waals surface area contributed by atoms with E-state index in [1.165, 1.54) is 29.5 Å². The number of benzene rings is 3. The van der Waals surface area contributed by atoms with Gasteiger partial charge in [0.15, 0.2) is 0 Å². The van der Waals surface area contributed by atoms with E-state index in [-0.39, 0.29) is 29.5 Å². The first-order valence-electron chi connectivity index (χ1n) is 18.0. The molecule has 0 radical (unpaired) electrons. The van der Waals surface area contributed by atoms with Crippen LogP contribution in [0.15, 0.2) is 60.7 Å². The van der Waals surface area contributed by atoms with Crippen LogP contribution < -0.4 is 21.8 Å². The predicted octanol–water partition coefficient (Wildman–Crippen LogP) is 4.39. The number of hydrogen-bond acceptors (Lipinski definition) is 7. The van der Waals surface area contributed by atoms with Gasteiger partial charge in [-0.2, -0.15) is 0 Å². The van der Waals surface area contributed by atoms with E-state index < -0.39 is 17.7 Å². The minimum atomic E-state index is -0.996. The Kier molecular flexibility index (Phi) is 11.5. The van der Waals surface area contributed by atoms with Crippen molar-refractivity contribution in [1.82, 2.24) is 9.80 Å². The summed E-state index contributed by atoms with van der Waals surface area (Å²) < 4.78 is 15.5. The summed E-state index contributed by atoms with van der Waals surface area (Å²) in [6.45, 7) is 6.64. The molecule has 4 aromatic rings. The fraction of sp³-hybridized carbons (Fsp3) is 0.350. The zero-order valence-corrected chi connectivity index (χ0v) is 31.2. The molecule has 6 rings (SSSR count). The smallest absolute Gasteiger partial charge is 0.335 e. The summed E-state index contributed by atoms with van der Waals surface area (Å²) in [5.74, 6) is -2.20. The van der Waals surface area contributed by atoms with Crippen LogP contribution in [0.5, 0.6) is 0 Å². The van der Waals surface area contributed by atoms with E-state index in [0.717, 1.165) is 47.3 Å². The highest BCUT2D eigenvalue weighted by atomic mass is 32.1. The number of carboxylic acid groups (broad SMARTS) is 1. The van der Waals surface area contributed by atoms with Gasteiger partial charge in [0, 0.05) is 47.8 Å². The van der Waals surface area contributed by atoms with Gasteiger partial charge in [-0.25, -0.2) is 9.18 Å². The minimum absolute atomic E-state index is 0.00780. The second-order valence-corrected chi connectivity index (χ2v) is 15.6. The monoisotopic (exact) mass is 737 g/mol. The number of carboxylic acids is 1. The molecule has 0 saturated carbocycles. The van der Waals surface area contributed by atoms with Crippen LogP contribution in [0.2, 0.25) is 0 Å². The first-order valence-corrected chi connectivity index (χ1v) is 18.8. The van der Waals surface area contributed by atoms with Crippen molar-refractivity contribution >= 4 is 59.0 Å². The van der Waals surface area contributed by atoms with Gasteiger partial charge < -0.3 is 26.4 Å². The van der Waals surface area contributed by atoms with Crippen LogP contribution in [-0.2, 0) is 37.0 Å². The van der Waals surface area contributed by atoms with E-state index in [4.69, 9.17) is 10.8 Å². The Labute approximate surface area is 314 Å². The van der Waals surface area contributed by atoms with E-state index in [1.807, 2.05) is 18.2 Å². The van der Waals surface area contributed by atoms with Crippen LogP contribution in [-0.4, -0.2) is 78.2 Å². The van der Waals surface area contributed by atoms with Gasteiger partial charge in [0.25, 0.3) is 11.8 Å². The molecule has 2 aliphatic rings. The first kappa shape index (κ1) is 37.9. The van der Waals surface area contributed by atoms with Crippen LogP contribution in [0.3, 0.4) is 0 Å². The molecule has 53 heavy (non-hydrogen) atoms. The second-order valence-electron chi connectivity index (χ2n) is 14.5. The lowest BCUT2D eigenvalue weighted by molar-refractivity contribution is -0.134. The number of anilines is 2. The normalized spacial score (nSPS) is 15.4. The molecule has 1 saturated heterocycles. The molecule has 3 aromatic carbocycles. The van der Waals surface area contributed by atoms with Gasteiger partial charge in [-0.1, -0.05) is 29.7 Å². The number of thiophene rings is 1. The Balaban J connectivity index is 1.15. The molecule has 2 heterocycles. The molecule has 0 spiro atoms. The average molecular weight is 738 g/mol. The van der Waals surface area contributed by atoms with Crippen molar-refractivity contribution in [2.24, 2.45) is 5.73 Å². The summed E-state index contributed by atoms with van der Waals surface area (Å²) in [7, 11) is 1.80. The molecule has 0 atom stereocenters. The molecule has 13 heteroatoms. The molecule has 1 aliphatic heterocycles. The summed E-state index contributed by atoms with van der Waals surface area (Å²) in [5.41, 5.74) is 10.8. The summed E-state index contributed by atoms with van der Waals surface area (Å²) in [4.78, 5) is 56.3. The van der Waals surface area contributed by atoms with Crippen molar-refractivity contribution in [3.63, 3.8) is 0 Å². The van der Waals surface area contributed by atoms with E-state index in [2.05, 4.69) is 29.4 Å². The summed E-state index contributed by atoms with van der Waals surface area (Å²) in [5, 5.41) is 15.6. The molecule has 276 valence electrons. The number of carbonyl (C=O) groups excluding carboxylic acids is 3. The third-order valence-corrected chi connectivity index (χ3v) is 11.5. The number of carbonyl (C=O) groups is 4. The van der Waals surface area contributed by atoms with Crippen LogP contribution in [0.1, 0.15) is 84.9 Å². The van der Waals surface area contributed by atoms with Crippen molar-refractivity contribution in [1.29, 1.82) is 0 Å². The Morgan fingerprint density at radius 3 is 2.38 bits per heavy atom. The topological polar surface area (TPSA) is 145 Å². The van der Waals surface area contributed by atoms with E-state index in [1.54, 1.807) is 37.0 Å². The van der Waals surface area contributed by atoms with Crippen molar-refractivity contribution in [3.05, 3.63) is 110 Å². The fourth-order valence-electron chi connectivity index (χ4n) is 7.37. The first-order chi connectivity index (χ1) is 25.3. The molecule has 1 aromatic heterocycles. The number of hydrogen-bond donors (Lipinski definition) is 4. The number of nitrogens with zero attached hydrogens (tertiary/aromatic N) is 2. The van der Waals surface area contributed by atoms with Gasteiger partial charge in [-0.3, -0.25) is 19.3 Å². The number of aryl methyl sites for hydroxylation is 2. The van der Waals surface area contributed by atoms with Crippen molar-refractivity contribution in [2.45, 2.75) is 64.5 Å². The van der Waals surface area contributed by atoms with Gasteiger partial charge in [-0.15, -0.1) is 11.3 Å². The molecular formula is C40H45BFN5O5S. The van der Waals surface area contributed by atoms with Crippen molar-refractivity contribution in [3.8, 4) is 0 Å². The lowest BCUT2D eigenvalue weighted by Gasteiger charge is -2.47. The maximum atomic E-state index is 15.5. The Morgan fingerprint density at radius 2 is 1.68 bits per heavy atom. The Hall–Kier alpha value is -4.85. The summed E-state index contributed by atoms with van der Waals surface area (Å²) in [6.07, 6.45) is 4.43. The zero-order chi connectivity index (χ0) is 37.9.